The molecule has 0 aromatic carbocycles. The van der Waals surface area contributed by atoms with E-state index in [1.165, 1.54) is 0 Å². The maximum absolute atomic E-state index is 8.74. The molecule has 0 rings (SSSR count). The second kappa shape index (κ2) is 9.55. The molecule has 0 saturated carbocycles. The first-order valence-electron chi connectivity index (χ1n) is 1.40. The van der Waals surface area contributed by atoms with Crippen LogP contribution in [0.4, 0.5) is 0 Å². The Balaban J connectivity index is -0.0000000128. The first-order chi connectivity index (χ1) is 4.00. The third-order valence-corrected chi connectivity index (χ3v) is 0. The van der Waals surface area contributed by atoms with Gasteiger partial charge in [0.05, 0.1) is 0 Å². The molecule has 0 unspecified atom stereocenters. The van der Waals surface area contributed by atoms with Gasteiger partial charge in [-0.05, 0) is 0 Å². The predicted molar refractivity (Wildman–Crippen MR) is 37.4 cm³/mol. The van der Waals surface area contributed by atoms with Crippen molar-refractivity contribution >= 4 is 58.5 Å². The Kier molecular flexibility index (Phi) is 18.8. The van der Waals surface area contributed by atoms with Gasteiger partial charge in [0, 0.05) is 0 Å². The van der Waals surface area contributed by atoms with Crippen molar-refractivity contribution < 1.29 is 68.9 Å². The molecule has 4 N–H and O–H groups in total. The Bertz CT molecular complexity index is 224. The predicted octanol–water partition coefficient (Wildman–Crippen LogP) is -4.34. The average Bonchev–Trinajstić information content (AvgIpc) is 1.12. The van der Waals surface area contributed by atoms with Crippen LogP contribution in [0.5, 0.6) is 0 Å². The van der Waals surface area contributed by atoms with E-state index in [1.54, 1.807) is 0 Å². The summed E-state index contributed by atoms with van der Waals surface area (Å²) in [6.07, 6.45) is 0. The van der Waals surface area contributed by atoms with Crippen LogP contribution in [0.15, 0.2) is 0 Å². The molecule has 0 spiro atoms. The fourth-order valence-corrected chi connectivity index (χ4v) is 0. The summed E-state index contributed by atoms with van der Waals surface area (Å²) in [4.78, 5) is 0. The monoisotopic (exact) mass is 262 g/mol. The van der Waals surface area contributed by atoms with E-state index >= 15 is 0 Å². The van der Waals surface area contributed by atoms with Crippen molar-refractivity contribution in [2.45, 2.75) is 0 Å². The molecule has 0 saturated heterocycles. The molecule has 0 fully saturated rings. The Morgan fingerprint density at radius 3 is 0.750 bits per heavy atom. The molecule has 0 aliphatic heterocycles. The van der Waals surface area contributed by atoms with Crippen molar-refractivity contribution in [3.05, 3.63) is 0 Å². The zero-order chi connectivity index (χ0) is 9.00. The summed E-state index contributed by atoms with van der Waals surface area (Å²) in [7, 11) is -9.33. The minimum atomic E-state index is -4.67. The largest absolute Gasteiger partial charge is 2.00 e. The van der Waals surface area contributed by atoms with E-state index in [0.717, 1.165) is 0 Å². The van der Waals surface area contributed by atoms with Crippen LogP contribution in [0.3, 0.4) is 0 Å². The molecule has 0 aliphatic rings. The van der Waals surface area contributed by atoms with Gasteiger partial charge < -0.3 is 4.28 Å². The van der Waals surface area contributed by atoms with Crippen molar-refractivity contribution in [3.8, 4) is 0 Å². The molecule has 0 aliphatic carbocycles. The molecular formula is H7CaNaO8S2. The molecule has 0 aromatic rings. The number of hydrogen-bond donors (Lipinski definition) is 4. The van der Waals surface area contributed by atoms with E-state index in [-0.39, 0.29) is 71.6 Å². The van der Waals surface area contributed by atoms with Crippen LogP contribution >= 0.6 is 0 Å². The van der Waals surface area contributed by atoms with Gasteiger partial charge in [-0.1, -0.05) is 0 Å². The number of hydrogen-bond acceptors (Lipinski definition) is 4. The zero-order valence-electron chi connectivity index (χ0n) is 8.95. The van der Waals surface area contributed by atoms with Gasteiger partial charge in [0.2, 0.25) is 0 Å². The van der Waals surface area contributed by atoms with Crippen molar-refractivity contribution in [2.75, 3.05) is 0 Å². The Morgan fingerprint density at radius 2 is 0.750 bits per heavy atom. The average molecular weight is 262 g/mol. The summed E-state index contributed by atoms with van der Waals surface area (Å²) in [5, 5.41) is 0. The molecule has 0 atom stereocenters. The summed E-state index contributed by atoms with van der Waals surface area (Å²) >= 11 is 0. The summed E-state index contributed by atoms with van der Waals surface area (Å²) in [6, 6.07) is 0. The van der Waals surface area contributed by atoms with Gasteiger partial charge in [-0.15, -0.1) is 0 Å². The van der Waals surface area contributed by atoms with Gasteiger partial charge in [-0.25, -0.2) is 0 Å². The Hall–Kier alpha value is 2.00. The summed E-state index contributed by atoms with van der Waals surface area (Å²) in [6.45, 7) is 0. The van der Waals surface area contributed by atoms with Gasteiger partial charge in [0.15, 0.2) is 0 Å². The van der Waals surface area contributed by atoms with E-state index in [9.17, 15) is 0 Å². The Labute approximate surface area is 126 Å². The third kappa shape index (κ3) is 363. The normalized spacial score (nSPS) is 9.67. The van der Waals surface area contributed by atoms with Crippen molar-refractivity contribution in [1.82, 2.24) is 0 Å². The summed E-state index contributed by atoms with van der Waals surface area (Å²) < 4.78 is 63.2. The minimum absolute atomic E-state index is 0. The fraction of sp³-hybridized carbons (Fsp3) is 0. The second-order valence-electron chi connectivity index (χ2n) is 0.896. The van der Waals surface area contributed by atoms with Crippen molar-refractivity contribution in [1.29, 1.82) is 0 Å². The van der Waals surface area contributed by atoms with Crippen LogP contribution < -0.4 is 29.6 Å². The smallest absolute Gasteiger partial charge is 1.00 e. The molecular weight excluding hydrogens is 255 g/mol. The van der Waals surface area contributed by atoms with Crippen LogP contribution in [0.25, 0.3) is 0 Å². The van der Waals surface area contributed by atoms with Gasteiger partial charge in [-0.3, -0.25) is 18.2 Å². The maximum atomic E-state index is 8.74. The van der Waals surface area contributed by atoms with Gasteiger partial charge in [-0.2, -0.15) is 16.8 Å². The molecule has 0 bridgehead atoms. The summed E-state index contributed by atoms with van der Waals surface area (Å²) in [5.41, 5.74) is 0. The van der Waals surface area contributed by atoms with E-state index < -0.39 is 20.8 Å². The van der Waals surface area contributed by atoms with Crippen LogP contribution in [-0.2, 0) is 20.8 Å². The molecule has 0 aromatic heterocycles. The SMILES string of the molecule is O=S(=O)(O)O.O=S(=O)(O)O.[Ca+2].[H-].[H-].[H-].[Na+]. The fourth-order valence-electron chi connectivity index (χ4n) is 0. The van der Waals surface area contributed by atoms with Crippen LogP contribution in [0.1, 0.15) is 4.28 Å². The number of rotatable bonds is 0. The molecule has 70 valence electrons. The van der Waals surface area contributed by atoms with Crippen LogP contribution in [-0.4, -0.2) is 72.8 Å². The van der Waals surface area contributed by atoms with Crippen LogP contribution in [0.2, 0.25) is 0 Å². The Morgan fingerprint density at radius 1 is 0.750 bits per heavy atom. The third-order valence-electron chi connectivity index (χ3n) is 0. The quantitative estimate of drug-likeness (QED) is 0.253. The minimum Gasteiger partial charge on any atom is -1.00 e. The zero-order valence-corrected chi connectivity index (χ0v) is 11.8. The second-order valence-corrected chi connectivity index (χ2v) is 2.69. The van der Waals surface area contributed by atoms with E-state index in [4.69, 9.17) is 35.0 Å². The maximum Gasteiger partial charge on any atom is 2.00 e. The van der Waals surface area contributed by atoms with Gasteiger partial charge in [0.1, 0.15) is 0 Å². The first kappa shape index (κ1) is 23.7. The van der Waals surface area contributed by atoms with E-state index in [1.807, 2.05) is 0 Å². The molecule has 0 radical (unpaired) electrons. The molecule has 0 heterocycles. The van der Waals surface area contributed by atoms with Crippen molar-refractivity contribution in [3.63, 3.8) is 0 Å². The molecule has 12 heavy (non-hydrogen) atoms. The topological polar surface area (TPSA) is 149 Å². The van der Waals surface area contributed by atoms with E-state index in [0.29, 0.717) is 0 Å². The molecule has 12 heteroatoms. The summed E-state index contributed by atoms with van der Waals surface area (Å²) in [5.74, 6) is 0. The molecule has 0 amide bonds. The molecule has 8 nitrogen and oxygen atoms in total. The van der Waals surface area contributed by atoms with Gasteiger partial charge >= 0.3 is 88.1 Å². The van der Waals surface area contributed by atoms with E-state index in [2.05, 4.69) is 0 Å². The van der Waals surface area contributed by atoms with Crippen LogP contribution in [0, 0.1) is 0 Å². The first-order valence-corrected chi connectivity index (χ1v) is 4.19. The standard InChI is InChI=1S/Ca.Na.2H2O4S.3H/c;;2*1-5(2,3)4;;;/h;;2*(H2,1,2,3,4);;;/q+2;+1;;;3*-1. The van der Waals surface area contributed by atoms with Gasteiger partial charge in [0.25, 0.3) is 0 Å². The van der Waals surface area contributed by atoms with Crippen molar-refractivity contribution in [2.24, 2.45) is 0 Å².